The van der Waals surface area contributed by atoms with E-state index in [1.165, 1.54) is 64.2 Å². The van der Waals surface area contributed by atoms with Crippen LogP contribution in [0.3, 0.4) is 0 Å². The summed E-state index contributed by atoms with van der Waals surface area (Å²) in [5.41, 5.74) is 0.106. The summed E-state index contributed by atoms with van der Waals surface area (Å²) in [5.74, 6) is 3.77. The molecule has 0 amide bonds. The second kappa shape index (κ2) is 5.96. The highest BCUT2D eigenvalue weighted by molar-refractivity contribution is 5.06. The van der Waals surface area contributed by atoms with Crippen molar-refractivity contribution in [3.8, 4) is 0 Å². The molecule has 0 unspecified atom stereocenters. The van der Waals surface area contributed by atoms with Crippen molar-refractivity contribution in [2.24, 2.45) is 35.0 Å². The van der Waals surface area contributed by atoms with Gasteiger partial charge in [-0.25, -0.2) is 0 Å². The SMILES string of the molecule is COCC1(C2CCCCC2)COC2(OC1)C1CC3CC(C1)CC2C3. The zero-order valence-corrected chi connectivity index (χ0v) is 15.3. The molecule has 1 saturated heterocycles. The van der Waals surface area contributed by atoms with E-state index in [9.17, 15) is 0 Å². The molecule has 0 aromatic rings. The lowest BCUT2D eigenvalue weighted by molar-refractivity contribution is -0.389. The normalized spacial score (nSPS) is 51.4. The van der Waals surface area contributed by atoms with Crippen molar-refractivity contribution in [2.45, 2.75) is 70.0 Å². The van der Waals surface area contributed by atoms with E-state index in [-0.39, 0.29) is 11.2 Å². The molecule has 0 aromatic heterocycles. The Morgan fingerprint density at radius 2 is 1.38 bits per heavy atom. The Bertz CT molecular complexity index is 430. The third kappa shape index (κ3) is 2.34. The summed E-state index contributed by atoms with van der Waals surface area (Å²) in [5, 5.41) is 0. The maximum absolute atomic E-state index is 6.76. The van der Waals surface area contributed by atoms with E-state index < -0.39 is 0 Å². The first kappa shape index (κ1) is 16.1. The number of hydrogen-bond donors (Lipinski definition) is 0. The molecule has 6 aliphatic rings. The van der Waals surface area contributed by atoms with Gasteiger partial charge in [0.1, 0.15) is 0 Å². The summed E-state index contributed by atoms with van der Waals surface area (Å²) in [4.78, 5) is 0. The molecule has 0 N–H and O–H groups in total. The van der Waals surface area contributed by atoms with Gasteiger partial charge in [0, 0.05) is 24.4 Å². The van der Waals surface area contributed by atoms with Crippen molar-refractivity contribution in [3.05, 3.63) is 0 Å². The van der Waals surface area contributed by atoms with Crippen molar-refractivity contribution >= 4 is 0 Å². The lowest BCUT2D eigenvalue weighted by atomic mass is 9.53. The molecule has 0 atom stereocenters. The molecule has 3 heteroatoms. The van der Waals surface area contributed by atoms with Crippen LogP contribution in [-0.2, 0) is 14.2 Å². The average Bonchev–Trinajstić information content (AvgIpc) is 2.61. The van der Waals surface area contributed by atoms with Gasteiger partial charge in [0.05, 0.1) is 19.8 Å². The van der Waals surface area contributed by atoms with E-state index in [1.807, 2.05) is 7.11 Å². The van der Waals surface area contributed by atoms with Crippen molar-refractivity contribution in [2.75, 3.05) is 26.9 Å². The first-order valence-corrected chi connectivity index (χ1v) is 10.5. The number of rotatable bonds is 3. The molecule has 4 bridgehead atoms. The Morgan fingerprint density at radius 1 is 0.792 bits per heavy atom. The monoisotopic (exact) mass is 334 g/mol. The van der Waals surface area contributed by atoms with Gasteiger partial charge in [-0.05, 0) is 62.7 Å². The summed E-state index contributed by atoms with van der Waals surface area (Å²) < 4.78 is 19.2. The Hall–Kier alpha value is -0.120. The van der Waals surface area contributed by atoms with Crippen molar-refractivity contribution < 1.29 is 14.2 Å². The summed E-state index contributed by atoms with van der Waals surface area (Å²) in [6, 6.07) is 0. The van der Waals surface area contributed by atoms with Crippen LogP contribution in [0.4, 0.5) is 0 Å². The van der Waals surface area contributed by atoms with Gasteiger partial charge in [0.15, 0.2) is 5.79 Å². The molecule has 5 aliphatic carbocycles. The van der Waals surface area contributed by atoms with Gasteiger partial charge in [-0.1, -0.05) is 19.3 Å². The van der Waals surface area contributed by atoms with E-state index in [4.69, 9.17) is 14.2 Å². The zero-order chi connectivity index (χ0) is 16.2. The van der Waals surface area contributed by atoms with Gasteiger partial charge in [-0.2, -0.15) is 0 Å². The fraction of sp³-hybridized carbons (Fsp3) is 1.00. The second-order valence-corrected chi connectivity index (χ2v) is 9.73. The van der Waals surface area contributed by atoms with Crippen LogP contribution in [0.25, 0.3) is 0 Å². The number of hydrogen-bond acceptors (Lipinski definition) is 3. The fourth-order valence-electron chi connectivity index (χ4n) is 7.35. The van der Waals surface area contributed by atoms with Crippen LogP contribution in [0.1, 0.15) is 64.2 Å². The lowest BCUT2D eigenvalue weighted by Crippen LogP contribution is -2.65. The second-order valence-electron chi connectivity index (χ2n) is 9.73. The van der Waals surface area contributed by atoms with E-state index in [0.29, 0.717) is 11.8 Å². The molecular weight excluding hydrogens is 300 g/mol. The molecule has 6 rings (SSSR count). The average molecular weight is 335 g/mol. The van der Waals surface area contributed by atoms with E-state index in [1.54, 1.807) is 0 Å². The lowest BCUT2D eigenvalue weighted by Gasteiger charge is -2.63. The van der Waals surface area contributed by atoms with Gasteiger partial charge in [-0.3, -0.25) is 0 Å². The van der Waals surface area contributed by atoms with Gasteiger partial charge in [-0.15, -0.1) is 0 Å². The van der Waals surface area contributed by atoms with Crippen LogP contribution >= 0.6 is 0 Å². The molecule has 136 valence electrons. The topological polar surface area (TPSA) is 27.7 Å². The molecule has 3 nitrogen and oxygen atoms in total. The van der Waals surface area contributed by atoms with Crippen molar-refractivity contribution in [1.29, 1.82) is 0 Å². The Labute approximate surface area is 146 Å². The van der Waals surface area contributed by atoms with Gasteiger partial charge >= 0.3 is 0 Å². The summed E-state index contributed by atoms with van der Waals surface area (Å²) in [6.45, 7) is 2.54. The minimum atomic E-state index is -0.223. The molecule has 0 radical (unpaired) electrons. The minimum Gasteiger partial charge on any atom is -0.384 e. The number of ether oxygens (including phenoxy) is 3. The first-order valence-electron chi connectivity index (χ1n) is 10.5. The van der Waals surface area contributed by atoms with E-state index >= 15 is 0 Å². The minimum absolute atomic E-state index is 0.106. The first-order chi connectivity index (χ1) is 11.7. The van der Waals surface area contributed by atoms with E-state index in [0.717, 1.165) is 37.6 Å². The molecule has 1 aliphatic heterocycles. The molecule has 6 fully saturated rings. The zero-order valence-electron chi connectivity index (χ0n) is 15.3. The Kier molecular flexibility index (Phi) is 3.99. The maximum atomic E-state index is 6.76. The van der Waals surface area contributed by atoms with Gasteiger partial charge in [0.2, 0.25) is 0 Å². The van der Waals surface area contributed by atoms with Gasteiger partial charge < -0.3 is 14.2 Å². The van der Waals surface area contributed by atoms with Crippen LogP contribution in [-0.4, -0.2) is 32.7 Å². The largest absolute Gasteiger partial charge is 0.384 e. The predicted octanol–water partition coefficient (Wildman–Crippen LogP) is 4.40. The quantitative estimate of drug-likeness (QED) is 0.766. The molecule has 24 heavy (non-hydrogen) atoms. The van der Waals surface area contributed by atoms with E-state index in [2.05, 4.69) is 0 Å². The van der Waals surface area contributed by atoms with Crippen molar-refractivity contribution in [1.82, 2.24) is 0 Å². The van der Waals surface area contributed by atoms with Crippen LogP contribution in [0.5, 0.6) is 0 Å². The Balaban J connectivity index is 1.35. The molecular formula is C21H34O3. The highest BCUT2D eigenvalue weighted by atomic mass is 16.7. The summed E-state index contributed by atoms with van der Waals surface area (Å²) in [7, 11) is 1.85. The summed E-state index contributed by atoms with van der Waals surface area (Å²) in [6.07, 6.45) is 13.7. The highest BCUT2D eigenvalue weighted by Crippen LogP contribution is 2.62. The van der Waals surface area contributed by atoms with Crippen LogP contribution < -0.4 is 0 Å². The number of methoxy groups -OCH3 is 1. The van der Waals surface area contributed by atoms with Gasteiger partial charge in [0.25, 0.3) is 0 Å². The molecule has 1 spiro atoms. The smallest absolute Gasteiger partial charge is 0.173 e. The standard InChI is InChI=1S/C21H34O3/c1-22-12-20(17-5-3-2-4-6-17)13-23-21(24-14-20)18-8-15-7-16(10-18)11-19(21)9-15/h15-19H,2-14H2,1H3. The van der Waals surface area contributed by atoms with Crippen molar-refractivity contribution in [3.63, 3.8) is 0 Å². The maximum Gasteiger partial charge on any atom is 0.173 e. The molecule has 0 aromatic carbocycles. The summed E-state index contributed by atoms with van der Waals surface area (Å²) >= 11 is 0. The Morgan fingerprint density at radius 3 is 1.92 bits per heavy atom. The third-order valence-corrected chi connectivity index (χ3v) is 8.35. The van der Waals surface area contributed by atoms with Crippen LogP contribution in [0.2, 0.25) is 0 Å². The fourth-order valence-corrected chi connectivity index (χ4v) is 7.35. The third-order valence-electron chi connectivity index (χ3n) is 8.35. The molecule has 1 heterocycles. The van der Waals surface area contributed by atoms with Crippen LogP contribution in [0, 0.1) is 35.0 Å². The highest BCUT2D eigenvalue weighted by Gasteiger charge is 2.62. The predicted molar refractivity (Wildman–Crippen MR) is 92.6 cm³/mol. The van der Waals surface area contributed by atoms with Crippen LogP contribution in [0.15, 0.2) is 0 Å². The molecule has 5 saturated carbocycles.